The minimum atomic E-state index is -0.0339. The van der Waals surface area contributed by atoms with Crippen molar-refractivity contribution in [2.45, 2.75) is 56.1 Å². The number of pyridine rings is 1. The van der Waals surface area contributed by atoms with E-state index in [9.17, 15) is 4.79 Å². The predicted octanol–water partition coefficient (Wildman–Crippen LogP) is 2.38. The molecule has 0 saturated heterocycles. The van der Waals surface area contributed by atoms with Crippen LogP contribution in [-0.4, -0.2) is 36.1 Å². The Morgan fingerprint density at radius 3 is 2.64 bits per heavy atom. The Balaban J connectivity index is 1.43. The molecule has 25 heavy (non-hydrogen) atoms. The van der Waals surface area contributed by atoms with Crippen LogP contribution in [0, 0.1) is 11.8 Å². The van der Waals surface area contributed by atoms with Gasteiger partial charge < -0.3 is 4.90 Å². The molecule has 3 heterocycles. The maximum Gasteiger partial charge on any atom is 0.256 e. The highest BCUT2D eigenvalue weighted by molar-refractivity contribution is 5.98. The van der Waals surface area contributed by atoms with E-state index in [1.807, 2.05) is 18.5 Å². The monoisotopic (exact) mass is 335 g/mol. The zero-order valence-electron chi connectivity index (χ0n) is 14.1. The van der Waals surface area contributed by atoms with Crippen molar-refractivity contribution in [1.82, 2.24) is 24.6 Å². The Hall–Kier alpha value is -2.24. The molecule has 1 aliphatic heterocycles. The molecule has 4 saturated carbocycles. The molecule has 4 fully saturated rings. The zero-order chi connectivity index (χ0) is 16.6. The number of rotatable bonds is 2. The Morgan fingerprint density at radius 1 is 1.12 bits per heavy atom. The van der Waals surface area contributed by atoms with Crippen LogP contribution in [0.3, 0.4) is 0 Å². The molecule has 0 unspecified atom stereocenters. The van der Waals surface area contributed by atoms with Gasteiger partial charge in [-0.15, -0.1) is 0 Å². The van der Waals surface area contributed by atoms with E-state index in [1.54, 1.807) is 12.5 Å². The molecule has 6 heteroatoms. The van der Waals surface area contributed by atoms with Crippen molar-refractivity contribution >= 4 is 5.91 Å². The fourth-order valence-electron chi connectivity index (χ4n) is 6.71. The third-order valence-corrected chi connectivity index (χ3v) is 7.15. The number of hydrogen-bond donors (Lipinski definition) is 0. The SMILES string of the molecule is O=C1c2cccnc2CN1C12C[C@@H]3C[C@@H](C1)CC(n1cncn1)(C3)C2. The molecule has 128 valence electrons. The summed E-state index contributed by atoms with van der Waals surface area (Å²) in [6, 6.07) is 3.80. The van der Waals surface area contributed by atoms with Crippen molar-refractivity contribution in [3.05, 3.63) is 42.2 Å². The van der Waals surface area contributed by atoms with Gasteiger partial charge in [0.2, 0.25) is 0 Å². The van der Waals surface area contributed by atoms with E-state index in [-0.39, 0.29) is 17.0 Å². The van der Waals surface area contributed by atoms with Crippen LogP contribution in [0.5, 0.6) is 0 Å². The molecule has 0 radical (unpaired) electrons. The minimum absolute atomic E-state index is 0.0339. The van der Waals surface area contributed by atoms with Crippen LogP contribution in [0.1, 0.15) is 54.6 Å². The summed E-state index contributed by atoms with van der Waals surface area (Å²) in [6.07, 6.45) is 12.3. The Kier molecular flexibility index (Phi) is 2.51. The van der Waals surface area contributed by atoms with E-state index >= 15 is 0 Å². The second-order valence-electron chi connectivity index (χ2n) is 8.64. The van der Waals surface area contributed by atoms with Crippen LogP contribution in [0.15, 0.2) is 31.0 Å². The summed E-state index contributed by atoms with van der Waals surface area (Å²) in [5, 5.41) is 4.51. The first-order valence-electron chi connectivity index (χ1n) is 9.29. The van der Waals surface area contributed by atoms with Gasteiger partial charge in [-0.2, -0.15) is 5.10 Å². The van der Waals surface area contributed by atoms with Crippen molar-refractivity contribution in [3.63, 3.8) is 0 Å². The first-order chi connectivity index (χ1) is 12.2. The molecule has 0 spiro atoms. The molecule has 7 rings (SSSR count). The number of amides is 1. The summed E-state index contributed by atoms with van der Waals surface area (Å²) in [5.74, 6) is 1.56. The second kappa shape index (κ2) is 4.48. The van der Waals surface area contributed by atoms with Gasteiger partial charge in [-0.3, -0.25) is 9.78 Å². The summed E-state index contributed by atoms with van der Waals surface area (Å²) >= 11 is 0. The first kappa shape index (κ1) is 14.0. The van der Waals surface area contributed by atoms with Gasteiger partial charge in [0.25, 0.3) is 5.91 Å². The van der Waals surface area contributed by atoms with Crippen LogP contribution in [0.4, 0.5) is 0 Å². The fourth-order valence-corrected chi connectivity index (χ4v) is 6.71. The average Bonchev–Trinajstić information content (AvgIpc) is 3.23. The maximum atomic E-state index is 13.2. The van der Waals surface area contributed by atoms with Crippen molar-refractivity contribution in [3.8, 4) is 0 Å². The van der Waals surface area contributed by atoms with Crippen LogP contribution in [-0.2, 0) is 12.1 Å². The average molecular weight is 335 g/mol. The number of carbonyl (C=O) groups excluding carboxylic acids is 1. The Labute approximate surface area is 146 Å². The van der Waals surface area contributed by atoms with Crippen molar-refractivity contribution in [2.75, 3.05) is 0 Å². The van der Waals surface area contributed by atoms with Gasteiger partial charge in [-0.25, -0.2) is 9.67 Å². The molecule has 1 amide bonds. The lowest BCUT2D eigenvalue weighted by atomic mass is 9.49. The molecule has 0 aromatic carbocycles. The van der Waals surface area contributed by atoms with Crippen molar-refractivity contribution in [2.24, 2.45) is 11.8 Å². The topological polar surface area (TPSA) is 63.9 Å². The first-order valence-corrected chi connectivity index (χ1v) is 9.29. The summed E-state index contributed by atoms with van der Waals surface area (Å²) in [5.41, 5.74) is 1.75. The predicted molar refractivity (Wildman–Crippen MR) is 89.5 cm³/mol. The number of carbonyl (C=O) groups is 1. The highest BCUT2D eigenvalue weighted by atomic mass is 16.2. The lowest BCUT2D eigenvalue weighted by Crippen LogP contribution is -2.65. The van der Waals surface area contributed by atoms with Crippen LogP contribution in [0.2, 0.25) is 0 Å². The van der Waals surface area contributed by atoms with Gasteiger partial charge in [-0.05, 0) is 62.5 Å². The standard InChI is InChI=1S/C19H21N5O/c25-17-15-2-1-3-21-16(15)9-23(17)18-5-13-4-14(6-18)8-19(7-13,10-18)24-12-20-11-22-24/h1-3,11-14H,4-10H2/t13-,14-,18?,19?/m0/s1. The molecular weight excluding hydrogens is 314 g/mol. The van der Waals surface area contributed by atoms with Crippen LogP contribution < -0.4 is 0 Å². The highest BCUT2D eigenvalue weighted by Crippen LogP contribution is 2.62. The number of fused-ring (bicyclic) bond motifs is 1. The van der Waals surface area contributed by atoms with Gasteiger partial charge in [0.05, 0.1) is 23.3 Å². The van der Waals surface area contributed by atoms with Crippen LogP contribution in [0.25, 0.3) is 0 Å². The largest absolute Gasteiger partial charge is 0.327 e. The minimum Gasteiger partial charge on any atom is -0.327 e. The van der Waals surface area contributed by atoms with E-state index in [0.717, 1.165) is 30.5 Å². The molecule has 4 aliphatic carbocycles. The molecule has 2 aromatic rings. The molecular formula is C19H21N5O. The van der Waals surface area contributed by atoms with Gasteiger partial charge in [0.1, 0.15) is 12.7 Å². The van der Waals surface area contributed by atoms with E-state index in [0.29, 0.717) is 18.4 Å². The highest BCUT2D eigenvalue weighted by Gasteiger charge is 2.62. The smallest absolute Gasteiger partial charge is 0.256 e. The van der Waals surface area contributed by atoms with Gasteiger partial charge in [-0.1, -0.05) is 0 Å². The Bertz CT molecular complexity index is 846. The lowest BCUT2D eigenvalue weighted by Gasteiger charge is -2.64. The molecule has 5 aliphatic rings. The lowest BCUT2D eigenvalue weighted by molar-refractivity contribution is -0.117. The van der Waals surface area contributed by atoms with Crippen molar-refractivity contribution < 1.29 is 4.79 Å². The molecule has 2 atom stereocenters. The van der Waals surface area contributed by atoms with Gasteiger partial charge in [0.15, 0.2) is 0 Å². The van der Waals surface area contributed by atoms with Gasteiger partial charge in [0, 0.05) is 11.7 Å². The maximum absolute atomic E-state index is 13.2. The quantitative estimate of drug-likeness (QED) is 0.845. The van der Waals surface area contributed by atoms with E-state index in [2.05, 4.69) is 24.6 Å². The third-order valence-electron chi connectivity index (χ3n) is 7.15. The molecule has 6 nitrogen and oxygen atoms in total. The van der Waals surface area contributed by atoms with E-state index < -0.39 is 0 Å². The normalized spacial score (nSPS) is 38.4. The van der Waals surface area contributed by atoms with Gasteiger partial charge >= 0.3 is 0 Å². The number of nitrogens with zero attached hydrogens (tertiary/aromatic N) is 5. The van der Waals surface area contributed by atoms with Crippen LogP contribution >= 0.6 is 0 Å². The summed E-state index contributed by atoms with van der Waals surface area (Å²) in [6.45, 7) is 0.669. The molecule has 0 N–H and O–H groups in total. The second-order valence-corrected chi connectivity index (χ2v) is 8.64. The zero-order valence-corrected chi connectivity index (χ0v) is 14.1. The van der Waals surface area contributed by atoms with E-state index in [4.69, 9.17) is 0 Å². The fraction of sp³-hybridized carbons (Fsp3) is 0.579. The summed E-state index contributed by atoms with van der Waals surface area (Å²) in [7, 11) is 0. The summed E-state index contributed by atoms with van der Waals surface area (Å²) in [4.78, 5) is 24.0. The van der Waals surface area contributed by atoms with Crippen molar-refractivity contribution in [1.29, 1.82) is 0 Å². The number of hydrogen-bond acceptors (Lipinski definition) is 4. The van der Waals surface area contributed by atoms with E-state index in [1.165, 1.54) is 19.3 Å². The molecule has 4 bridgehead atoms. The number of aromatic nitrogens is 4. The molecule has 2 aromatic heterocycles. The Morgan fingerprint density at radius 2 is 1.92 bits per heavy atom. The third kappa shape index (κ3) is 1.75. The summed E-state index contributed by atoms with van der Waals surface area (Å²) < 4.78 is 2.10.